The Kier molecular flexibility index (Phi) is 8.50. The first-order valence-corrected chi connectivity index (χ1v) is 23.3. The van der Waals surface area contributed by atoms with Crippen LogP contribution in [0.4, 0.5) is 17.1 Å². The molecule has 0 bridgehead atoms. The van der Waals surface area contributed by atoms with Crippen molar-refractivity contribution < 1.29 is 8.83 Å². The third kappa shape index (κ3) is 5.72. The van der Waals surface area contributed by atoms with Crippen LogP contribution in [-0.2, 0) is 5.41 Å². The van der Waals surface area contributed by atoms with Crippen molar-refractivity contribution in [3.05, 3.63) is 271 Å². The molecule has 0 radical (unpaired) electrons. The highest BCUT2D eigenvalue weighted by atomic mass is 16.3. The molecule has 68 heavy (non-hydrogen) atoms. The maximum atomic E-state index is 6.74. The topological polar surface area (TPSA) is 29.5 Å². The van der Waals surface area contributed by atoms with E-state index in [0.29, 0.717) is 0 Å². The summed E-state index contributed by atoms with van der Waals surface area (Å²) >= 11 is 0. The number of anilines is 3. The van der Waals surface area contributed by atoms with Gasteiger partial charge in [0.15, 0.2) is 0 Å². The quantitative estimate of drug-likeness (QED) is 0.160. The second-order valence-electron chi connectivity index (χ2n) is 17.9. The molecule has 1 aliphatic carbocycles. The molecule has 2 heterocycles. The molecule has 13 aromatic rings. The average Bonchev–Trinajstić information content (AvgIpc) is 4.07. The first-order chi connectivity index (χ1) is 33.7. The summed E-state index contributed by atoms with van der Waals surface area (Å²) in [6.07, 6.45) is 0. The monoisotopic (exact) mass is 867 g/mol. The van der Waals surface area contributed by atoms with Crippen LogP contribution in [0.25, 0.3) is 88.0 Å². The van der Waals surface area contributed by atoms with E-state index in [-0.39, 0.29) is 0 Å². The lowest BCUT2D eigenvalue weighted by molar-refractivity contribution is 0.669. The summed E-state index contributed by atoms with van der Waals surface area (Å²) in [5.74, 6) is 0. The molecular weight excluding hydrogens is 827 g/mol. The molecule has 11 aromatic carbocycles. The molecule has 0 saturated carbocycles. The van der Waals surface area contributed by atoms with Crippen LogP contribution in [0.2, 0.25) is 0 Å². The van der Waals surface area contributed by atoms with Gasteiger partial charge in [0.25, 0.3) is 0 Å². The molecule has 0 atom stereocenters. The largest absolute Gasteiger partial charge is 0.456 e. The lowest BCUT2D eigenvalue weighted by Crippen LogP contribution is -2.28. The van der Waals surface area contributed by atoms with Gasteiger partial charge >= 0.3 is 0 Å². The van der Waals surface area contributed by atoms with Gasteiger partial charge in [0, 0.05) is 16.5 Å². The zero-order valence-corrected chi connectivity index (χ0v) is 36.9. The minimum atomic E-state index is -0.586. The summed E-state index contributed by atoms with van der Waals surface area (Å²) in [6.45, 7) is 0. The minimum Gasteiger partial charge on any atom is -0.456 e. The maximum absolute atomic E-state index is 6.74. The van der Waals surface area contributed by atoms with Crippen molar-refractivity contribution in [1.82, 2.24) is 0 Å². The Hall–Kier alpha value is -8.92. The van der Waals surface area contributed by atoms with E-state index in [2.05, 4.69) is 254 Å². The molecule has 0 aliphatic heterocycles. The highest BCUT2D eigenvalue weighted by Gasteiger charge is 2.46. The lowest BCUT2D eigenvalue weighted by Gasteiger charge is -2.35. The summed E-state index contributed by atoms with van der Waals surface area (Å²) in [5, 5.41) is 6.55. The number of fused-ring (bicyclic) bond motifs is 10. The average molecular weight is 868 g/mol. The number of nitrogens with zero attached hydrogens (tertiary/aromatic N) is 1. The van der Waals surface area contributed by atoms with E-state index in [1.54, 1.807) is 0 Å². The van der Waals surface area contributed by atoms with E-state index < -0.39 is 5.41 Å². The van der Waals surface area contributed by atoms with Gasteiger partial charge in [-0.05, 0) is 133 Å². The summed E-state index contributed by atoms with van der Waals surface area (Å²) in [7, 11) is 0. The van der Waals surface area contributed by atoms with E-state index in [1.165, 1.54) is 49.9 Å². The smallest absolute Gasteiger partial charge is 0.137 e. The summed E-state index contributed by atoms with van der Waals surface area (Å²) in [4.78, 5) is 2.42. The Morgan fingerprint density at radius 2 is 0.824 bits per heavy atom. The number of hydrogen-bond donors (Lipinski definition) is 0. The highest BCUT2D eigenvalue weighted by molar-refractivity contribution is 6.19. The maximum Gasteiger partial charge on any atom is 0.137 e. The Labute approximate surface area is 393 Å². The van der Waals surface area contributed by atoms with Gasteiger partial charge in [-0.25, -0.2) is 0 Å². The second-order valence-corrected chi connectivity index (χ2v) is 17.9. The van der Waals surface area contributed by atoms with Gasteiger partial charge in [0.05, 0.1) is 27.6 Å². The van der Waals surface area contributed by atoms with Crippen molar-refractivity contribution in [3.63, 3.8) is 0 Å². The fourth-order valence-electron chi connectivity index (χ4n) is 11.3. The molecular formula is C65H41NO2. The number of furan rings is 2. The van der Waals surface area contributed by atoms with Crippen LogP contribution in [-0.4, -0.2) is 0 Å². The summed E-state index contributed by atoms with van der Waals surface area (Å²) in [5.41, 5.74) is 18.0. The molecule has 0 amide bonds. The molecule has 0 spiro atoms. The molecule has 0 N–H and O–H groups in total. The van der Waals surface area contributed by atoms with Gasteiger partial charge in [-0.15, -0.1) is 0 Å². The molecule has 0 saturated heterocycles. The van der Waals surface area contributed by atoms with Gasteiger partial charge in [-0.3, -0.25) is 0 Å². The van der Waals surface area contributed by atoms with Gasteiger partial charge in [-0.1, -0.05) is 182 Å². The fraction of sp³-hybridized carbons (Fsp3) is 0.0154. The molecule has 318 valence electrons. The predicted octanol–water partition coefficient (Wildman–Crippen LogP) is 17.8. The second kappa shape index (κ2) is 15.1. The normalized spacial score (nSPS) is 12.8. The van der Waals surface area contributed by atoms with Crippen molar-refractivity contribution in [2.45, 2.75) is 5.41 Å². The first-order valence-electron chi connectivity index (χ1n) is 23.3. The minimum absolute atomic E-state index is 0.586. The Balaban J connectivity index is 1.03. The standard InChI is InChI=1S/C65H41NO2/c1-3-16-42(17-4-1)44-22-13-23-49(38-44)65(55-26-11-9-24-51(55)52-25-10-12-27-56(52)65)48-33-35-50(36-34-48)66(58-29-15-31-61-64(58)54-39-45-20-7-8-21-46(45)41-62(54)68-61)57-28-14-30-60-63(57)53-40-47(32-37-59(53)67-60)43-18-5-2-6-19-43/h1-41H. The molecule has 14 rings (SSSR count). The Morgan fingerprint density at radius 1 is 0.309 bits per heavy atom. The summed E-state index contributed by atoms with van der Waals surface area (Å²) in [6, 6.07) is 90.1. The van der Waals surface area contributed by atoms with Crippen LogP contribution in [0.3, 0.4) is 0 Å². The SMILES string of the molecule is c1ccc(-c2cccc(C3(c4ccc(N(c5cccc6oc7ccc(-c8ccccc8)cc7c56)c5cccc6oc7cc8ccccc8cc7c56)cc4)c4ccccc4-c4ccccc43)c2)cc1. The van der Waals surface area contributed by atoms with Crippen LogP contribution < -0.4 is 4.90 Å². The number of rotatable bonds is 7. The molecule has 2 aromatic heterocycles. The van der Waals surface area contributed by atoms with E-state index in [4.69, 9.17) is 8.83 Å². The predicted molar refractivity (Wildman–Crippen MR) is 281 cm³/mol. The number of benzene rings is 11. The van der Waals surface area contributed by atoms with Crippen molar-refractivity contribution in [2.24, 2.45) is 0 Å². The third-order valence-electron chi connectivity index (χ3n) is 14.3. The van der Waals surface area contributed by atoms with E-state index >= 15 is 0 Å². The molecule has 1 aliphatic rings. The van der Waals surface area contributed by atoms with Gasteiger partial charge in [-0.2, -0.15) is 0 Å². The van der Waals surface area contributed by atoms with Crippen LogP contribution in [0.5, 0.6) is 0 Å². The van der Waals surface area contributed by atoms with Crippen LogP contribution in [0.1, 0.15) is 22.3 Å². The number of hydrogen-bond acceptors (Lipinski definition) is 3. The summed E-state index contributed by atoms with van der Waals surface area (Å²) < 4.78 is 13.5. The first kappa shape index (κ1) is 38.4. The van der Waals surface area contributed by atoms with Gasteiger partial charge in [0.1, 0.15) is 22.3 Å². The van der Waals surface area contributed by atoms with Crippen molar-refractivity contribution >= 4 is 71.7 Å². The van der Waals surface area contributed by atoms with Gasteiger partial charge < -0.3 is 13.7 Å². The third-order valence-corrected chi connectivity index (χ3v) is 14.3. The van der Waals surface area contributed by atoms with Crippen molar-refractivity contribution in [1.29, 1.82) is 0 Å². The molecule has 3 nitrogen and oxygen atoms in total. The zero-order valence-electron chi connectivity index (χ0n) is 36.9. The van der Waals surface area contributed by atoms with E-state index in [1.807, 2.05) is 0 Å². The fourth-order valence-corrected chi connectivity index (χ4v) is 11.3. The molecule has 3 heteroatoms. The van der Waals surface area contributed by atoms with Gasteiger partial charge in [0.2, 0.25) is 0 Å². The molecule has 0 fully saturated rings. The lowest BCUT2D eigenvalue weighted by atomic mass is 9.67. The van der Waals surface area contributed by atoms with Crippen LogP contribution >= 0.6 is 0 Å². The highest BCUT2D eigenvalue weighted by Crippen LogP contribution is 2.57. The van der Waals surface area contributed by atoms with Crippen LogP contribution in [0.15, 0.2) is 258 Å². The van der Waals surface area contributed by atoms with Crippen LogP contribution in [0, 0.1) is 0 Å². The van der Waals surface area contributed by atoms with E-state index in [0.717, 1.165) is 77.5 Å². The molecule has 0 unspecified atom stereocenters. The van der Waals surface area contributed by atoms with E-state index in [9.17, 15) is 0 Å². The van der Waals surface area contributed by atoms with Crippen molar-refractivity contribution in [3.8, 4) is 33.4 Å². The van der Waals surface area contributed by atoms with Crippen molar-refractivity contribution in [2.75, 3.05) is 4.90 Å². The zero-order chi connectivity index (χ0) is 44.8. The Bertz CT molecular complexity index is 4040. The Morgan fingerprint density at radius 3 is 1.47 bits per heavy atom.